The minimum atomic E-state index is -0.700. The van der Waals surface area contributed by atoms with Gasteiger partial charge in [0.05, 0.1) is 12.2 Å². The van der Waals surface area contributed by atoms with Crippen molar-refractivity contribution in [1.82, 2.24) is 0 Å². The van der Waals surface area contributed by atoms with Crippen LogP contribution in [0.2, 0.25) is 0 Å². The molecule has 0 heterocycles. The lowest BCUT2D eigenvalue weighted by molar-refractivity contribution is -0.00713. The second kappa shape index (κ2) is 7.08. The molecule has 0 spiro atoms. The predicted molar refractivity (Wildman–Crippen MR) is 75.1 cm³/mol. The molecule has 3 N–H and O–H groups in total. The van der Waals surface area contributed by atoms with Gasteiger partial charge in [0, 0.05) is 6.54 Å². The number of hydrogen-bond acceptors (Lipinski definition) is 3. The second-order valence-electron chi connectivity index (χ2n) is 5.11. The van der Waals surface area contributed by atoms with E-state index in [-0.39, 0.29) is 18.2 Å². The lowest BCUT2D eigenvalue weighted by Crippen LogP contribution is -2.41. The molecule has 0 radical (unpaired) electrons. The molecule has 108 valence electrons. The minimum absolute atomic E-state index is 0. The zero-order valence-electron chi connectivity index (χ0n) is 10.8. The maximum absolute atomic E-state index is 13.3. The van der Waals surface area contributed by atoms with Crippen molar-refractivity contribution in [2.24, 2.45) is 11.7 Å². The van der Waals surface area contributed by atoms with Crippen molar-refractivity contribution in [3.8, 4) is 5.75 Å². The van der Waals surface area contributed by atoms with Gasteiger partial charge < -0.3 is 15.6 Å². The van der Waals surface area contributed by atoms with E-state index < -0.39 is 5.60 Å². The summed E-state index contributed by atoms with van der Waals surface area (Å²) in [5.74, 6) is 0.348. The Labute approximate surface area is 119 Å². The van der Waals surface area contributed by atoms with Crippen molar-refractivity contribution < 1.29 is 14.2 Å². The zero-order valence-corrected chi connectivity index (χ0v) is 11.7. The Morgan fingerprint density at radius 3 is 2.53 bits per heavy atom. The summed E-state index contributed by atoms with van der Waals surface area (Å²) in [5.41, 5.74) is 4.84. The third-order valence-corrected chi connectivity index (χ3v) is 3.73. The van der Waals surface area contributed by atoms with Crippen LogP contribution in [0.4, 0.5) is 4.39 Å². The number of hydrogen-bond donors (Lipinski definition) is 2. The molecule has 0 aromatic heterocycles. The highest BCUT2D eigenvalue weighted by atomic mass is 35.5. The molecule has 1 fully saturated rings. The lowest BCUT2D eigenvalue weighted by Gasteiger charge is -2.34. The SMILES string of the molecule is Cl.NC[C@]1(O)CC[C@@H](COc2ccccc2F)CC1. The van der Waals surface area contributed by atoms with Crippen molar-refractivity contribution in [3.05, 3.63) is 30.1 Å². The van der Waals surface area contributed by atoms with Gasteiger partial charge >= 0.3 is 0 Å². The van der Waals surface area contributed by atoms with Gasteiger partial charge in [0.2, 0.25) is 0 Å². The summed E-state index contributed by atoms with van der Waals surface area (Å²) in [6.45, 7) is 0.815. The molecular formula is C14H21ClFNO2. The Bertz CT molecular complexity index is 395. The van der Waals surface area contributed by atoms with Crippen molar-refractivity contribution in [2.45, 2.75) is 31.3 Å². The quantitative estimate of drug-likeness (QED) is 0.895. The first-order chi connectivity index (χ1) is 8.63. The number of benzene rings is 1. The number of nitrogens with two attached hydrogens (primary N) is 1. The second-order valence-corrected chi connectivity index (χ2v) is 5.11. The molecule has 0 bridgehead atoms. The lowest BCUT2D eigenvalue weighted by atomic mass is 9.79. The molecule has 5 heteroatoms. The topological polar surface area (TPSA) is 55.5 Å². The van der Waals surface area contributed by atoms with Crippen LogP contribution < -0.4 is 10.5 Å². The third-order valence-electron chi connectivity index (χ3n) is 3.73. The molecule has 0 atom stereocenters. The van der Waals surface area contributed by atoms with Crippen LogP contribution in [-0.4, -0.2) is 23.9 Å². The molecule has 1 aromatic carbocycles. The summed E-state index contributed by atoms with van der Waals surface area (Å²) in [4.78, 5) is 0. The minimum Gasteiger partial charge on any atom is -0.490 e. The van der Waals surface area contributed by atoms with E-state index >= 15 is 0 Å². The first-order valence-electron chi connectivity index (χ1n) is 6.43. The van der Waals surface area contributed by atoms with E-state index in [0.29, 0.717) is 37.7 Å². The molecule has 0 aliphatic heterocycles. The van der Waals surface area contributed by atoms with E-state index in [1.54, 1.807) is 18.2 Å². The van der Waals surface area contributed by atoms with Crippen LogP contribution in [0.5, 0.6) is 5.75 Å². The monoisotopic (exact) mass is 289 g/mol. The maximum Gasteiger partial charge on any atom is 0.165 e. The van der Waals surface area contributed by atoms with Crippen molar-refractivity contribution in [2.75, 3.05) is 13.2 Å². The number of ether oxygens (including phenoxy) is 1. The summed E-state index contributed by atoms with van der Waals surface area (Å²) in [6.07, 6.45) is 3.16. The van der Waals surface area contributed by atoms with E-state index in [0.717, 1.165) is 12.8 Å². The predicted octanol–water partition coefficient (Wildman–Crippen LogP) is 2.51. The third kappa shape index (κ3) is 4.34. The highest BCUT2D eigenvalue weighted by molar-refractivity contribution is 5.85. The summed E-state index contributed by atoms with van der Waals surface area (Å²) < 4.78 is 18.8. The van der Waals surface area contributed by atoms with Gasteiger partial charge in [-0.2, -0.15) is 0 Å². The number of para-hydroxylation sites is 1. The maximum atomic E-state index is 13.3. The normalized spacial score (nSPS) is 26.6. The Balaban J connectivity index is 0.00000180. The fourth-order valence-electron chi connectivity index (χ4n) is 2.36. The molecule has 1 aliphatic rings. The van der Waals surface area contributed by atoms with E-state index in [1.165, 1.54) is 6.07 Å². The van der Waals surface area contributed by atoms with Gasteiger partial charge in [-0.3, -0.25) is 0 Å². The fourth-order valence-corrected chi connectivity index (χ4v) is 2.36. The van der Waals surface area contributed by atoms with Crippen LogP contribution in [-0.2, 0) is 0 Å². The summed E-state index contributed by atoms with van der Waals surface area (Å²) >= 11 is 0. The van der Waals surface area contributed by atoms with Gasteiger partial charge in [0.1, 0.15) is 0 Å². The van der Waals surface area contributed by atoms with E-state index in [1.807, 2.05) is 0 Å². The van der Waals surface area contributed by atoms with E-state index in [2.05, 4.69) is 0 Å². The standard InChI is InChI=1S/C14H20FNO2.ClH/c15-12-3-1-2-4-13(12)18-9-11-5-7-14(17,10-16)8-6-11;/h1-4,11,17H,5-10,16H2;1H/t11-,14+;. The van der Waals surface area contributed by atoms with Gasteiger partial charge in [-0.25, -0.2) is 4.39 Å². The van der Waals surface area contributed by atoms with Crippen LogP contribution >= 0.6 is 12.4 Å². The van der Waals surface area contributed by atoms with E-state index in [9.17, 15) is 9.50 Å². The highest BCUT2D eigenvalue weighted by Gasteiger charge is 2.32. The van der Waals surface area contributed by atoms with Gasteiger partial charge in [-0.15, -0.1) is 12.4 Å². The average Bonchev–Trinajstić information content (AvgIpc) is 2.40. The highest BCUT2D eigenvalue weighted by Crippen LogP contribution is 2.32. The first-order valence-corrected chi connectivity index (χ1v) is 6.43. The van der Waals surface area contributed by atoms with Crippen LogP contribution in [0.25, 0.3) is 0 Å². The van der Waals surface area contributed by atoms with Crippen LogP contribution in [0.1, 0.15) is 25.7 Å². The molecule has 1 saturated carbocycles. The number of halogens is 2. The van der Waals surface area contributed by atoms with Gasteiger partial charge in [-0.1, -0.05) is 12.1 Å². The average molecular weight is 290 g/mol. The smallest absolute Gasteiger partial charge is 0.165 e. The molecule has 3 nitrogen and oxygen atoms in total. The van der Waals surface area contributed by atoms with E-state index in [4.69, 9.17) is 10.5 Å². The van der Waals surface area contributed by atoms with Gasteiger partial charge in [0.25, 0.3) is 0 Å². The molecule has 0 unspecified atom stereocenters. The van der Waals surface area contributed by atoms with Gasteiger partial charge in [-0.05, 0) is 43.7 Å². The van der Waals surface area contributed by atoms with Crippen molar-refractivity contribution >= 4 is 12.4 Å². The molecule has 2 rings (SSSR count). The molecule has 19 heavy (non-hydrogen) atoms. The molecule has 1 aromatic rings. The van der Waals surface area contributed by atoms with Crippen LogP contribution in [0, 0.1) is 11.7 Å². The molecular weight excluding hydrogens is 269 g/mol. The van der Waals surface area contributed by atoms with Crippen LogP contribution in [0.3, 0.4) is 0 Å². The molecule has 0 amide bonds. The molecule has 1 aliphatic carbocycles. The Hall–Kier alpha value is -0.840. The van der Waals surface area contributed by atoms with Crippen LogP contribution in [0.15, 0.2) is 24.3 Å². The number of aliphatic hydroxyl groups is 1. The summed E-state index contributed by atoms with van der Waals surface area (Å²) in [6, 6.07) is 6.42. The fraction of sp³-hybridized carbons (Fsp3) is 0.571. The Kier molecular flexibility index (Phi) is 6.04. The van der Waals surface area contributed by atoms with Crippen molar-refractivity contribution in [1.29, 1.82) is 0 Å². The largest absolute Gasteiger partial charge is 0.490 e. The summed E-state index contributed by atoms with van der Waals surface area (Å²) in [5, 5.41) is 10.0. The van der Waals surface area contributed by atoms with Gasteiger partial charge in [0.15, 0.2) is 11.6 Å². The first kappa shape index (κ1) is 16.2. The zero-order chi connectivity index (χ0) is 13.0. The van der Waals surface area contributed by atoms with Crippen molar-refractivity contribution in [3.63, 3.8) is 0 Å². The Morgan fingerprint density at radius 1 is 1.32 bits per heavy atom. The number of rotatable bonds is 4. The summed E-state index contributed by atoms with van der Waals surface area (Å²) in [7, 11) is 0. The molecule has 0 saturated heterocycles. The Morgan fingerprint density at radius 2 is 1.95 bits per heavy atom.